The molecular weight excluding hydrogens is 252 g/mol. The first-order valence-electron chi connectivity index (χ1n) is 5.53. The lowest BCUT2D eigenvalue weighted by atomic mass is 10.1. The van der Waals surface area contributed by atoms with E-state index in [1.807, 2.05) is 0 Å². The molecule has 0 atom stereocenters. The first-order valence-corrected chi connectivity index (χ1v) is 5.53. The number of hydrogen-bond donors (Lipinski definition) is 2. The van der Waals surface area contributed by atoms with Crippen molar-refractivity contribution in [1.82, 2.24) is 0 Å². The Hall–Kier alpha value is -2.43. The van der Waals surface area contributed by atoms with Crippen LogP contribution in [0.4, 0.5) is 14.5 Å². The quantitative estimate of drug-likeness (QED) is 0.817. The van der Waals surface area contributed by atoms with Crippen molar-refractivity contribution < 1.29 is 18.7 Å². The number of phenolic OH excluding ortho intramolecular Hbond substituents is 1. The fraction of sp³-hybridized carbons (Fsp3) is 0.0714. The molecule has 0 aliphatic rings. The van der Waals surface area contributed by atoms with Crippen LogP contribution >= 0.6 is 0 Å². The van der Waals surface area contributed by atoms with Crippen LogP contribution in [0.5, 0.6) is 5.75 Å². The standard InChI is InChI=1S/C14H11F2NO2/c1-8-2-3-12(13(18)4-8)17-14(19)9-5-10(15)7-11(16)6-9/h2-7,18H,1H3,(H,17,19). The number of carbonyl (C=O) groups excluding carboxylic acids is 1. The second-order valence-electron chi connectivity index (χ2n) is 4.13. The van der Waals surface area contributed by atoms with Crippen molar-refractivity contribution in [2.75, 3.05) is 5.32 Å². The van der Waals surface area contributed by atoms with Crippen LogP contribution in [0.3, 0.4) is 0 Å². The molecule has 0 saturated heterocycles. The first-order chi connectivity index (χ1) is 8.95. The molecule has 2 aromatic rings. The average Bonchev–Trinajstić information content (AvgIpc) is 2.31. The highest BCUT2D eigenvalue weighted by atomic mass is 19.1. The van der Waals surface area contributed by atoms with Gasteiger partial charge in [-0.15, -0.1) is 0 Å². The highest BCUT2D eigenvalue weighted by molar-refractivity contribution is 6.05. The smallest absolute Gasteiger partial charge is 0.255 e. The number of amides is 1. The summed E-state index contributed by atoms with van der Waals surface area (Å²) in [6.07, 6.45) is 0. The van der Waals surface area contributed by atoms with E-state index < -0.39 is 17.5 Å². The number of carbonyl (C=O) groups is 1. The largest absolute Gasteiger partial charge is 0.506 e. The second kappa shape index (κ2) is 5.06. The SMILES string of the molecule is Cc1ccc(NC(=O)c2cc(F)cc(F)c2)c(O)c1. The summed E-state index contributed by atoms with van der Waals surface area (Å²) in [6, 6.07) is 7.20. The molecule has 0 bridgehead atoms. The molecule has 0 fully saturated rings. The van der Waals surface area contributed by atoms with Gasteiger partial charge in [-0.05, 0) is 36.8 Å². The van der Waals surface area contributed by atoms with E-state index in [2.05, 4.69) is 5.32 Å². The Morgan fingerprint density at radius 2 is 1.74 bits per heavy atom. The number of benzene rings is 2. The van der Waals surface area contributed by atoms with Gasteiger partial charge in [0.05, 0.1) is 5.69 Å². The van der Waals surface area contributed by atoms with E-state index >= 15 is 0 Å². The van der Waals surface area contributed by atoms with Crippen molar-refractivity contribution >= 4 is 11.6 Å². The fourth-order valence-corrected chi connectivity index (χ4v) is 1.63. The van der Waals surface area contributed by atoms with Gasteiger partial charge in [0.15, 0.2) is 0 Å². The van der Waals surface area contributed by atoms with Crippen molar-refractivity contribution in [2.45, 2.75) is 6.92 Å². The Morgan fingerprint density at radius 3 is 2.32 bits per heavy atom. The molecular formula is C14H11F2NO2. The van der Waals surface area contributed by atoms with E-state index in [1.54, 1.807) is 13.0 Å². The number of aryl methyl sites for hydroxylation is 1. The molecule has 3 nitrogen and oxygen atoms in total. The molecule has 0 aliphatic carbocycles. The molecule has 0 heterocycles. The maximum atomic E-state index is 13.0. The van der Waals surface area contributed by atoms with E-state index in [4.69, 9.17) is 0 Å². The lowest BCUT2D eigenvalue weighted by molar-refractivity contribution is 0.102. The third-order valence-electron chi connectivity index (χ3n) is 2.53. The van der Waals surface area contributed by atoms with Crippen LogP contribution in [0, 0.1) is 18.6 Å². The van der Waals surface area contributed by atoms with E-state index in [-0.39, 0.29) is 17.0 Å². The van der Waals surface area contributed by atoms with Crippen molar-refractivity contribution in [3.05, 3.63) is 59.2 Å². The van der Waals surface area contributed by atoms with Crippen LogP contribution < -0.4 is 5.32 Å². The van der Waals surface area contributed by atoms with Gasteiger partial charge in [-0.25, -0.2) is 8.78 Å². The molecule has 0 radical (unpaired) electrons. The summed E-state index contributed by atoms with van der Waals surface area (Å²) >= 11 is 0. The van der Waals surface area contributed by atoms with Gasteiger partial charge in [0.1, 0.15) is 17.4 Å². The van der Waals surface area contributed by atoms with Gasteiger partial charge in [0.2, 0.25) is 0 Å². The lowest BCUT2D eigenvalue weighted by Gasteiger charge is -2.08. The van der Waals surface area contributed by atoms with Crippen LogP contribution in [0.2, 0.25) is 0 Å². The maximum absolute atomic E-state index is 13.0. The van der Waals surface area contributed by atoms with Crippen LogP contribution in [0.1, 0.15) is 15.9 Å². The molecule has 0 aliphatic heterocycles. The van der Waals surface area contributed by atoms with Gasteiger partial charge in [-0.1, -0.05) is 6.07 Å². The van der Waals surface area contributed by atoms with E-state index in [9.17, 15) is 18.7 Å². The summed E-state index contributed by atoms with van der Waals surface area (Å²) in [5.74, 6) is -2.47. The Morgan fingerprint density at radius 1 is 1.11 bits per heavy atom. The molecule has 19 heavy (non-hydrogen) atoms. The van der Waals surface area contributed by atoms with Crippen LogP contribution in [-0.2, 0) is 0 Å². The zero-order chi connectivity index (χ0) is 14.0. The second-order valence-corrected chi connectivity index (χ2v) is 4.13. The molecule has 98 valence electrons. The Balaban J connectivity index is 2.25. The first kappa shape index (κ1) is 13.0. The number of rotatable bonds is 2. The fourth-order valence-electron chi connectivity index (χ4n) is 1.63. The Labute approximate surface area is 108 Å². The number of aromatic hydroxyl groups is 1. The minimum Gasteiger partial charge on any atom is -0.506 e. The summed E-state index contributed by atoms with van der Waals surface area (Å²) in [7, 11) is 0. The monoisotopic (exact) mass is 263 g/mol. The normalized spacial score (nSPS) is 10.3. The van der Waals surface area contributed by atoms with Crippen molar-refractivity contribution in [1.29, 1.82) is 0 Å². The Bertz CT molecular complexity index is 621. The van der Waals surface area contributed by atoms with Gasteiger partial charge in [0.25, 0.3) is 5.91 Å². The molecule has 2 N–H and O–H groups in total. The average molecular weight is 263 g/mol. The van der Waals surface area contributed by atoms with Gasteiger partial charge in [-0.3, -0.25) is 4.79 Å². The van der Waals surface area contributed by atoms with E-state index in [0.29, 0.717) is 6.07 Å². The molecule has 1 amide bonds. The van der Waals surface area contributed by atoms with Crippen LogP contribution in [0.15, 0.2) is 36.4 Å². The van der Waals surface area contributed by atoms with Crippen LogP contribution in [0.25, 0.3) is 0 Å². The van der Waals surface area contributed by atoms with E-state index in [1.165, 1.54) is 12.1 Å². The predicted molar refractivity (Wildman–Crippen MR) is 67.2 cm³/mol. The van der Waals surface area contributed by atoms with Crippen molar-refractivity contribution in [3.8, 4) is 5.75 Å². The zero-order valence-corrected chi connectivity index (χ0v) is 10.1. The third kappa shape index (κ3) is 3.07. The predicted octanol–water partition coefficient (Wildman–Crippen LogP) is 3.23. The number of nitrogens with one attached hydrogen (secondary N) is 1. The lowest BCUT2D eigenvalue weighted by Crippen LogP contribution is -2.12. The molecule has 0 saturated carbocycles. The molecule has 0 unspecified atom stereocenters. The summed E-state index contributed by atoms with van der Waals surface area (Å²) in [5, 5.41) is 12.0. The minimum absolute atomic E-state index is 0.106. The van der Waals surface area contributed by atoms with E-state index in [0.717, 1.165) is 17.7 Å². The Kier molecular flexibility index (Phi) is 3.46. The molecule has 0 aromatic heterocycles. The summed E-state index contributed by atoms with van der Waals surface area (Å²) in [4.78, 5) is 11.8. The third-order valence-corrected chi connectivity index (χ3v) is 2.53. The molecule has 5 heteroatoms. The van der Waals surface area contributed by atoms with Gasteiger partial charge >= 0.3 is 0 Å². The molecule has 2 rings (SSSR count). The number of hydrogen-bond acceptors (Lipinski definition) is 2. The highest BCUT2D eigenvalue weighted by Crippen LogP contribution is 2.24. The van der Waals surface area contributed by atoms with Gasteiger partial charge in [0, 0.05) is 11.6 Å². The van der Waals surface area contributed by atoms with Crippen molar-refractivity contribution in [2.24, 2.45) is 0 Å². The topological polar surface area (TPSA) is 49.3 Å². The summed E-state index contributed by atoms with van der Waals surface area (Å²) < 4.78 is 26.0. The summed E-state index contributed by atoms with van der Waals surface area (Å²) in [5.41, 5.74) is 0.852. The van der Waals surface area contributed by atoms with Gasteiger partial charge < -0.3 is 10.4 Å². The van der Waals surface area contributed by atoms with Crippen LogP contribution in [-0.4, -0.2) is 11.0 Å². The molecule has 2 aromatic carbocycles. The molecule has 0 spiro atoms. The van der Waals surface area contributed by atoms with Crippen molar-refractivity contribution in [3.63, 3.8) is 0 Å². The maximum Gasteiger partial charge on any atom is 0.255 e. The zero-order valence-electron chi connectivity index (χ0n) is 10.1. The minimum atomic E-state index is -0.835. The van der Waals surface area contributed by atoms with Gasteiger partial charge in [-0.2, -0.15) is 0 Å². The number of phenols is 1. The highest BCUT2D eigenvalue weighted by Gasteiger charge is 2.11. The number of halogens is 2. The number of anilines is 1. The summed E-state index contributed by atoms with van der Waals surface area (Å²) in [6.45, 7) is 1.78.